The third kappa shape index (κ3) is 2.70. The number of hydrogen-bond acceptors (Lipinski definition) is 3. The van der Waals surface area contributed by atoms with Gasteiger partial charge in [-0.1, -0.05) is 36.4 Å². The zero-order chi connectivity index (χ0) is 13.0. The van der Waals surface area contributed by atoms with E-state index in [4.69, 9.17) is 5.73 Å². The number of nitrogens with two attached hydrogens (primary N) is 1. The van der Waals surface area contributed by atoms with Crippen molar-refractivity contribution in [2.45, 2.75) is 0 Å². The average molecular weight is 241 g/mol. The molecule has 2 amide bonds. The molecule has 0 unspecified atom stereocenters. The largest absolute Gasteiger partial charge is 0.361 e. The highest BCUT2D eigenvalue weighted by molar-refractivity contribution is 6.34. The first kappa shape index (κ1) is 11.8. The molecule has 0 bridgehead atoms. The molecule has 3 N–H and O–H groups in total. The monoisotopic (exact) mass is 241 g/mol. The Bertz CT molecular complexity index is 635. The van der Waals surface area contributed by atoms with E-state index < -0.39 is 11.8 Å². The molecule has 0 fully saturated rings. The van der Waals surface area contributed by atoms with Crippen molar-refractivity contribution in [1.29, 1.82) is 0 Å². The van der Waals surface area contributed by atoms with Crippen LogP contribution in [0.25, 0.3) is 10.8 Å². The van der Waals surface area contributed by atoms with E-state index in [1.54, 1.807) is 0 Å². The van der Waals surface area contributed by atoms with E-state index in [0.29, 0.717) is 0 Å². The lowest BCUT2D eigenvalue weighted by atomic mass is 10.1. The lowest BCUT2D eigenvalue weighted by Gasteiger charge is -1.98. The smallest absolute Gasteiger partial charge is 0.329 e. The van der Waals surface area contributed by atoms with Gasteiger partial charge in [-0.05, 0) is 22.4 Å². The summed E-state index contributed by atoms with van der Waals surface area (Å²) in [6.07, 6.45) is 1.45. The summed E-state index contributed by atoms with van der Waals surface area (Å²) >= 11 is 0. The number of primary amides is 1. The predicted octanol–water partition coefficient (Wildman–Crippen LogP) is 0.775. The number of benzene rings is 2. The van der Waals surface area contributed by atoms with Gasteiger partial charge in [0.25, 0.3) is 0 Å². The van der Waals surface area contributed by atoms with Gasteiger partial charge in [-0.15, -0.1) is 0 Å². The molecular formula is C13H11N3O2. The molecule has 90 valence electrons. The maximum absolute atomic E-state index is 10.8. The maximum atomic E-state index is 10.8. The first-order valence-electron chi connectivity index (χ1n) is 5.28. The summed E-state index contributed by atoms with van der Waals surface area (Å²) in [7, 11) is 0. The first-order chi connectivity index (χ1) is 8.66. The Kier molecular flexibility index (Phi) is 3.33. The number of hydrogen-bond donors (Lipinski definition) is 2. The highest BCUT2D eigenvalue weighted by Gasteiger charge is 2.05. The normalized spacial score (nSPS) is 10.7. The van der Waals surface area contributed by atoms with Crippen molar-refractivity contribution < 1.29 is 9.59 Å². The zero-order valence-corrected chi connectivity index (χ0v) is 9.46. The Morgan fingerprint density at radius 3 is 2.56 bits per heavy atom. The third-order valence-electron chi connectivity index (χ3n) is 2.38. The summed E-state index contributed by atoms with van der Waals surface area (Å²) in [6.45, 7) is 0. The van der Waals surface area contributed by atoms with Gasteiger partial charge in [0.2, 0.25) is 0 Å². The minimum atomic E-state index is -1.06. The van der Waals surface area contributed by atoms with Gasteiger partial charge < -0.3 is 5.73 Å². The molecule has 0 aliphatic carbocycles. The molecule has 2 rings (SSSR count). The number of amides is 2. The van der Waals surface area contributed by atoms with E-state index in [-0.39, 0.29) is 0 Å². The van der Waals surface area contributed by atoms with Crippen LogP contribution in [0.3, 0.4) is 0 Å². The van der Waals surface area contributed by atoms with Crippen LogP contribution in [0.2, 0.25) is 0 Å². The minimum absolute atomic E-state index is 0.818. The van der Waals surface area contributed by atoms with Gasteiger partial charge in [-0.3, -0.25) is 9.59 Å². The number of fused-ring (bicyclic) bond motifs is 1. The van der Waals surface area contributed by atoms with Gasteiger partial charge in [-0.2, -0.15) is 5.10 Å². The van der Waals surface area contributed by atoms with Gasteiger partial charge in [0.15, 0.2) is 0 Å². The van der Waals surface area contributed by atoms with Gasteiger partial charge in [0.05, 0.1) is 6.21 Å². The van der Waals surface area contributed by atoms with Crippen LogP contribution >= 0.6 is 0 Å². The molecule has 2 aromatic carbocycles. The number of hydrazone groups is 1. The molecule has 0 radical (unpaired) electrons. The summed E-state index contributed by atoms with van der Waals surface area (Å²) in [6, 6.07) is 13.6. The minimum Gasteiger partial charge on any atom is -0.361 e. The molecule has 0 aliphatic heterocycles. The Hall–Kier alpha value is -2.69. The average Bonchev–Trinajstić information content (AvgIpc) is 2.38. The Morgan fingerprint density at radius 2 is 1.83 bits per heavy atom. The second-order valence-corrected chi connectivity index (χ2v) is 3.67. The van der Waals surface area contributed by atoms with Crippen LogP contribution in [-0.2, 0) is 9.59 Å². The molecule has 0 heterocycles. The summed E-state index contributed by atoms with van der Waals surface area (Å²) < 4.78 is 0. The highest BCUT2D eigenvalue weighted by atomic mass is 16.2. The molecule has 5 heteroatoms. The predicted molar refractivity (Wildman–Crippen MR) is 68.9 cm³/mol. The summed E-state index contributed by atoms with van der Waals surface area (Å²) in [5.74, 6) is -2.00. The van der Waals surface area contributed by atoms with Crippen molar-refractivity contribution in [3.05, 3.63) is 48.0 Å². The Balaban J connectivity index is 2.14. The summed E-state index contributed by atoms with van der Waals surface area (Å²) in [5, 5.41) is 5.84. The van der Waals surface area contributed by atoms with Crippen LogP contribution < -0.4 is 11.2 Å². The van der Waals surface area contributed by atoms with Gasteiger partial charge >= 0.3 is 11.8 Å². The molecule has 0 spiro atoms. The van der Waals surface area contributed by atoms with Crippen molar-refractivity contribution in [2.24, 2.45) is 10.8 Å². The number of nitrogens with one attached hydrogen (secondary N) is 1. The van der Waals surface area contributed by atoms with Crippen molar-refractivity contribution in [3.8, 4) is 0 Å². The zero-order valence-electron chi connectivity index (χ0n) is 9.46. The van der Waals surface area contributed by atoms with Gasteiger partial charge in [0, 0.05) is 0 Å². The first-order valence-corrected chi connectivity index (χ1v) is 5.28. The van der Waals surface area contributed by atoms with E-state index in [1.807, 2.05) is 47.9 Å². The van der Waals surface area contributed by atoms with Crippen LogP contribution in [0.15, 0.2) is 47.6 Å². The van der Waals surface area contributed by atoms with Crippen molar-refractivity contribution in [2.75, 3.05) is 0 Å². The second-order valence-electron chi connectivity index (χ2n) is 3.67. The van der Waals surface area contributed by atoms with Gasteiger partial charge in [0.1, 0.15) is 0 Å². The van der Waals surface area contributed by atoms with Crippen molar-refractivity contribution >= 4 is 28.8 Å². The molecular weight excluding hydrogens is 230 g/mol. The van der Waals surface area contributed by atoms with Crippen LogP contribution in [0.5, 0.6) is 0 Å². The standard InChI is InChI=1S/C13H11N3O2/c14-12(17)13(18)16-15-8-9-5-6-10-3-1-2-4-11(10)7-9/h1-8H,(H2,14,17)(H,16,18)/b15-8+. The van der Waals surface area contributed by atoms with E-state index in [0.717, 1.165) is 16.3 Å². The Morgan fingerprint density at radius 1 is 1.11 bits per heavy atom. The summed E-state index contributed by atoms with van der Waals surface area (Å²) in [5.41, 5.74) is 7.62. The Labute approximate surface area is 103 Å². The fourth-order valence-corrected chi connectivity index (χ4v) is 1.51. The molecule has 18 heavy (non-hydrogen) atoms. The molecule has 5 nitrogen and oxygen atoms in total. The molecule has 2 aromatic rings. The number of carbonyl (C=O) groups is 2. The van der Waals surface area contributed by atoms with Crippen molar-refractivity contribution in [1.82, 2.24) is 5.43 Å². The molecule has 0 aliphatic rings. The number of rotatable bonds is 2. The number of nitrogens with zero attached hydrogens (tertiary/aromatic N) is 1. The molecule has 0 atom stereocenters. The van der Waals surface area contributed by atoms with Gasteiger partial charge in [-0.25, -0.2) is 5.43 Å². The lowest BCUT2D eigenvalue weighted by Crippen LogP contribution is -2.32. The SMILES string of the molecule is NC(=O)C(=O)N/N=C/c1ccc2ccccc2c1. The van der Waals surface area contributed by atoms with Crippen molar-refractivity contribution in [3.63, 3.8) is 0 Å². The molecule has 0 saturated carbocycles. The molecule has 0 saturated heterocycles. The molecule has 0 aromatic heterocycles. The van der Waals surface area contributed by atoms with E-state index in [2.05, 4.69) is 5.10 Å². The quantitative estimate of drug-likeness (QED) is 0.462. The number of carbonyl (C=O) groups excluding carboxylic acids is 2. The van der Waals surface area contributed by atoms with Crippen LogP contribution in [0, 0.1) is 0 Å². The lowest BCUT2D eigenvalue weighted by molar-refractivity contribution is -0.137. The maximum Gasteiger partial charge on any atom is 0.329 e. The second kappa shape index (κ2) is 5.09. The van der Waals surface area contributed by atoms with Crippen LogP contribution in [0.1, 0.15) is 5.56 Å². The van der Waals surface area contributed by atoms with Crippen LogP contribution in [-0.4, -0.2) is 18.0 Å². The van der Waals surface area contributed by atoms with E-state index in [9.17, 15) is 9.59 Å². The highest BCUT2D eigenvalue weighted by Crippen LogP contribution is 2.14. The van der Waals surface area contributed by atoms with E-state index in [1.165, 1.54) is 6.21 Å². The fourth-order valence-electron chi connectivity index (χ4n) is 1.51. The topological polar surface area (TPSA) is 84.5 Å². The van der Waals surface area contributed by atoms with E-state index >= 15 is 0 Å². The fraction of sp³-hybridized carbons (Fsp3) is 0. The van der Waals surface area contributed by atoms with Crippen LogP contribution in [0.4, 0.5) is 0 Å². The third-order valence-corrected chi connectivity index (χ3v) is 2.38. The summed E-state index contributed by atoms with van der Waals surface area (Å²) in [4.78, 5) is 21.3.